The van der Waals surface area contributed by atoms with Crippen molar-refractivity contribution < 1.29 is 9.53 Å². The Hall–Kier alpha value is -1.35. The number of aryl methyl sites for hydroxylation is 1. The van der Waals surface area contributed by atoms with Gasteiger partial charge in [0.25, 0.3) is 0 Å². The topological polar surface area (TPSA) is 66.0 Å². The van der Waals surface area contributed by atoms with Crippen LogP contribution in [0.2, 0.25) is 0 Å². The number of halogens is 1. The largest absolute Gasteiger partial charge is 0.381 e. The summed E-state index contributed by atoms with van der Waals surface area (Å²) in [5.41, 5.74) is 2.38. The van der Waals surface area contributed by atoms with Crippen molar-refractivity contribution in [3.8, 4) is 0 Å². The van der Waals surface area contributed by atoms with Gasteiger partial charge in [-0.25, -0.2) is 4.99 Å². The van der Waals surface area contributed by atoms with Crippen LogP contribution in [-0.4, -0.2) is 57.2 Å². The highest BCUT2D eigenvalue weighted by Crippen LogP contribution is 2.10. The summed E-state index contributed by atoms with van der Waals surface area (Å²) in [6.07, 6.45) is 1.06. The molecule has 1 aromatic rings. The van der Waals surface area contributed by atoms with Crippen LogP contribution in [0.15, 0.2) is 29.3 Å². The number of carbonyl (C=O) groups is 1. The minimum absolute atomic E-state index is 0. The average Bonchev–Trinajstić information content (AvgIpc) is 3.08. The summed E-state index contributed by atoms with van der Waals surface area (Å²) in [7, 11) is 3.49. The SMILES string of the molecule is Cc1ccc(CN=C(NCC(=O)N(C)C)NCC2CCOC2)cc1.I. The second-order valence-corrected chi connectivity index (χ2v) is 6.40. The lowest BCUT2D eigenvalue weighted by Gasteiger charge is -2.16. The van der Waals surface area contributed by atoms with Crippen LogP contribution >= 0.6 is 24.0 Å². The summed E-state index contributed by atoms with van der Waals surface area (Å²) in [5, 5.41) is 6.44. The van der Waals surface area contributed by atoms with E-state index in [9.17, 15) is 4.79 Å². The fraction of sp³-hybridized carbons (Fsp3) is 0.556. The van der Waals surface area contributed by atoms with Gasteiger partial charge in [0.2, 0.25) is 5.91 Å². The lowest BCUT2D eigenvalue weighted by atomic mass is 10.1. The molecule has 0 bridgehead atoms. The normalized spacial score (nSPS) is 16.9. The first-order chi connectivity index (χ1) is 11.5. The Balaban J connectivity index is 0.00000312. The van der Waals surface area contributed by atoms with E-state index in [1.807, 2.05) is 0 Å². The van der Waals surface area contributed by atoms with Gasteiger partial charge in [-0.3, -0.25) is 4.79 Å². The van der Waals surface area contributed by atoms with Crippen molar-refractivity contribution in [2.24, 2.45) is 10.9 Å². The number of hydrogen-bond acceptors (Lipinski definition) is 3. The number of likely N-dealkylation sites (N-methyl/N-ethyl adjacent to an activating group) is 1. The van der Waals surface area contributed by atoms with Crippen molar-refractivity contribution in [3.63, 3.8) is 0 Å². The molecule has 1 atom stereocenters. The third-order valence-corrected chi connectivity index (χ3v) is 4.03. The van der Waals surface area contributed by atoms with E-state index in [4.69, 9.17) is 4.74 Å². The highest BCUT2D eigenvalue weighted by atomic mass is 127. The Kier molecular flexibility index (Phi) is 9.81. The van der Waals surface area contributed by atoms with Gasteiger partial charge in [0, 0.05) is 33.2 Å². The minimum atomic E-state index is 0. The third kappa shape index (κ3) is 8.04. The van der Waals surface area contributed by atoms with E-state index in [2.05, 4.69) is 46.8 Å². The number of hydrogen-bond donors (Lipinski definition) is 2. The van der Waals surface area contributed by atoms with Gasteiger partial charge in [0.1, 0.15) is 0 Å². The van der Waals surface area contributed by atoms with Gasteiger partial charge in [-0.2, -0.15) is 0 Å². The van der Waals surface area contributed by atoms with Gasteiger partial charge in [-0.1, -0.05) is 29.8 Å². The molecule has 1 saturated heterocycles. The second kappa shape index (κ2) is 11.3. The fourth-order valence-corrected chi connectivity index (χ4v) is 2.34. The summed E-state index contributed by atoms with van der Waals surface area (Å²) in [6.45, 7) is 5.29. The van der Waals surface area contributed by atoms with Crippen molar-refractivity contribution >= 4 is 35.8 Å². The number of nitrogens with zero attached hydrogens (tertiary/aromatic N) is 2. The summed E-state index contributed by atoms with van der Waals surface area (Å²) in [6, 6.07) is 8.31. The monoisotopic (exact) mass is 460 g/mol. The number of carbonyl (C=O) groups excluding carboxylic acids is 1. The van der Waals surface area contributed by atoms with E-state index in [0.717, 1.165) is 31.7 Å². The number of ether oxygens (including phenoxy) is 1. The Morgan fingerprint density at radius 2 is 2.00 bits per heavy atom. The van der Waals surface area contributed by atoms with Crippen molar-refractivity contribution in [1.29, 1.82) is 0 Å². The number of guanidine groups is 1. The molecule has 0 saturated carbocycles. The smallest absolute Gasteiger partial charge is 0.241 e. The molecule has 2 rings (SSSR count). The van der Waals surface area contributed by atoms with Gasteiger partial charge >= 0.3 is 0 Å². The molecule has 1 aromatic carbocycles. The molecular weight excluding hydrogens is 431 g/mol. The van der Waals surface area contributed by atoms with Crippen LogP contribution in [0.3, 0.4) is 0 Å². The van der Waals surface area contributed by atoms with Crippen molar-refractivity contribution in [3.05, 3.63) is 35.4 Å². The molecule has 2 N–H and O–H groups in total. The van der Waals surface area contributed by atoms with E-state index in [1.165, 1.54) is 5.56 Å². The summed E-state index contributed by atoms with van der Waals surface area (Å²) >= 11 is 0. The summed E-state index contributed by atoms with van der Waals surface area (Å²) in [4.78, 5) is 17.9. The highest BCUT2D eigenvalue weighted by molar-refractivity contribution is 14.0. The maximum atomic E-state index is 11.8. The Bertz CT molecular complexity index is 555. The molecule has 1 heterocycles. The van der Waals surface area contributed by atoms with Crippen LogP contribution in [0.5, 0.6) is 0 Å². The molecule has 1 unspecified atom stereocenters. The Labute approximate surface area is 167 Å². The number of benzene rings is 1. The lowest BCUT2D eigenvalue weighted by molar-refractivity contribution is -0.127. The van der Waals surface area contributed by atoms with E-state index in [1.54, 1.807) is 19.0 Å². The van der Waals surface area contributed by atoms with E-state index in [0.29, 0.717) is 18.4 Å². The number of rotatable bonds is 6. The molecular formula is C18H29IN4O2. The van der Waals surface area contributed by atoms with Gasteiger partial charge in [0.05, 0.1) is 19.7 Å². The zero-order valence-corrected chi connectivity index (χ0v) is 17.6. The first-order valence-corrected chi connectivity index (χ1v) is 8.40. The van der Waals surface area contributed by atoms with Crippen LogP contribution in [0.1, 0.15) is 17.5 Å². The maximum Gasteiger partial charge on any atom is 0.241 e. The lowest BCUT2D eigenvalue weighted by Crippen LogP contribution is -2.44. The van der Waals surface area contributed by atoms with Crippen molar-refractivity contribution in [2.45, 2.75) is 19.9 Å². The first kappa shape index (κ1) is 21.7. The molecule has 1 amide bonds. The molecule has 0 aromatic heterocycles. The van der Waals surface area contributed by atoms with Gasteiger partial charge < -0.3 is 20.3 Å². The molecule has 0 radical (unpaired) electrons. The van der Waals surface area contributed by atoms with Crippen LogP contribution in [-0.2, 0) is 16.1 Å². The fourth-order valence-electron chi connectivity index (χ4n) is 2.34. The van der Waals surface area contributed by atoms with Crippen LogP contribution < -0.4 is 10.6 Å². The molecule has 0 spiro atoms. The van der Waals surface area contributed by atoms with Crippen molar-refractivity contribution in [1.82, 2.24) is 15.5 Å². The average molecular weight is 460 g/mol. The van der Waals surface area contributed by atoms with Gasteiger partial charge in [0.15, 0.2) is 5.96 Å². The predicted molar refractivity (Wildman–Crippen MR) is 111 cm³/mol. The second-order valence-electron chi connectivity index (χ2n) is 6.40. The molecule has 1 fully saturated rings. The summed E-state index contributed by atoms with van der Waals surface area (Å²) in [5.74, 6) is 1.18. The van der Waals surface area contributed by atoms with Gasteiger partial charge in [-0.15, -0.1) is 24.0 Å². The third-order valence-electron chi connectivity index (χ3n) is 4.03. The van der Waals surface area contributed by atoms with E-state index < -0.39 is 0 Å². The molecule has 1 aliphatic rings. The Morgan fingerprint density at radius 1 is 1.28 bits per heavy atom. The van der Waals surface area contributed by atoms with E-state index >= 15 is 0 Å². The molecule has 6 nitrogen and oxygen atoms in total. The number of amides is 1. The first-order valence-electron chi connectivity index (χ1n) is 8.40. The molecule has 140 valence electrons. The Morgan fingerprint density at radius 3 is 2.60 bits per heavy atom. The van der Waals surface area contributed by atoms with E-state index in [-0.39, 0.29) is 36.4 Å². The quantitative estimate of drug-likeness (QED) is 0.386. The highest BCUT2D eigenvalue weighted by Gasteiger charge is 2.16. The van der Waals surface area contributed by atoms with Crippen LogP contribution in [0.25, 0.3) is 0 Å². The van der Waals surface area contributed by atoms with Crippen LogP contribution in [0.4, 0.5) is 0 Å². The standard InChI is InChI=1S/C18H28N4O2.HI/c1-14-4-6-15(7-5-14)10-19-18(21-12-17(23)22(2)3)20-11-16-8-9-24-13-16;/h4-7,16H,8-13H2,1-3H3,(H2,19,20,21);1H. The zero-order valence-electron chi connectivity index (χ0n) is 15.2. The molecule has 7 heteroatoms. The predicted octanol–water partition coefficient (Wildman–Crippen LogP) is 1.77. The van der Waals surface area contributed by atoms with Crippen LogP contribution in [0, 0.1) is 12.8 Å². The zero-order chi connectivity index (χ0) is 17.4. The molecule has 25 heavy (non-hydrogen) atoms. The molecule has 0 aliphatic carbocycles. The van der Waals surface area contributed by atoms with Crippen molar-refractivity contribution in [2.75, 3.05) is 40.4 Å². The summed E-state index contributed by atoms with van der Waals surface area (Å²) < 4.78 is 5.40. The maximum absolute atomic E-state index is 11.8. The number of aliphatic imine (C=N–C) groups is 1. The van der Waals surface area contributed by atoms with Gasteiger partial charge in [-0.05, 0) is 18.9 Å². The molecule has 1 aliphatic heterocycles. The minimum Gasteiger partial charge on any atom is -0.381 e. The number of nitrogens with one attached hydrogen (secondary N) is 2.